The number of aryl methyl sites for hydroxylation is 2. The van der Waals surface area contributed by atoms with Crippen LogP contribution in [-0.2, 0) is 29.0 Å². The number of nitrogens with zero attached hydrogens (tertiary/aromatic N) is 1. The molecule has 0 saturated carbocycles. The standard InChI is InChI=1S/C21H19NO3/c22-13-15-4-6-16(7-5-15)14-25-21(24)11-10-20(23)19-9-8-17-2-1-3-18(17)12-19/h4-9,12H,1-3,10-11,14H2. The summed E-state index contributed by atoms with van der Waals surface area (Å²) in [5.74, 6) is -0.413. The molecule has 0 saturated heterocycles. The third-order valence-corrected chi connectivity index (χ3v) is 4.46. The van der Waals surface area contributed by atoms with Gasteiger partial charge in [0, 0.05) is 12.0 Å². The number of esters is 1. The topological polar surface area (TPSA) is 67.2 Å². The minimum absolute atomic E-state index is 0.0231. The van der Waals surface area contributed by atoms with Crippen LogP contribution in [0.3, 0.4) is 0 Å². The van der Waals surface area contributed by atoms with Gasteiger partial charge in [0.1, 0.15) is 6.61 Å². The number of ketones is 1. The number of fused-ring (bicyclic) bond motifs is 1. The fourth-order valence-electron chi connectivity index (χ4n) is 3.02. The van der Waals surface area contributed by atoms with Crippen LogP contribution in [0.2, 0.25) is 0 Å². The van der Waals surface area contributed by atoms with Crippen molar-refractivity contribution in [3.8, 4) is 6.07 Å². The number of carbonyl (C=O) groups excluding carboxylic acids is 2. The summed E-state index contributed by atoms with van der Waals surface area (Å²) in [6, 6.07) is 14.8. The largest absolute Gasteiger partial charge is 0.461 e. The molecule has 0 fully saturated rings. The Hall–Kier alpha value is -2.93. The molecule has 25 heavy (non-hydrogen) atoms. The van der Waals surface area contributed by atoms with Gasteiger partial charge < -0.3 is 4.74 Å². The van der Waals surface area contributed by atoms with E-state index in [4.69, 9.17) is 10.00 Å². The quantitative estimate of drug-likeness (QED) is 0.596. The molecule has 0 atom stereocenters. The number of hydrogen-bond acceptors (Lipinski definition) is 4. The van der Waals surface area contributed by atoms with Gasteiger partial charge in [0.2, 0.25) is 0 Å². The first kappa shape index (κ1) is 16.9. The Morgan fingerprint density at radius 2 is 1.76 bits per heavy atom. The van der Waals surface area contributed by atoms with E-state index in [-0.39, 0.29) is 31.2 Å². The first-order valence-electron chi connectivity index (χ1n) is 8.45. The molecule has 0 aliphatic heterocycles. The average molecular weight is 333 g/mol. The van der Waals surface area contributed by atoms with Crippen LogP contribution in [-0.4, -0.2) is 11.8 Å². The highest BCUT2D eigenvalue weighted by atomic mass is 16.5. The molecule has 2 aromatic rings. The molecular weight excluding hydrogens is 314 g/mol. The molecule has 0 heterocycles. The second-order valence-corrected chi connectivity index (χ2v) is 6.23. The molecule has 126 valence electrons. The van der Waals surface area contributed by atoms with Crippen molar-refractivity contribution in [2.24, 2.45) is 0 Å². The maximum Gasteiger partial charge on any atom is 0.306 e. The molecule has 1 aliphatic carbocycles. The smallest absolute Gasteiger partial charge is 0.306 e. The minimum atomic E-state index is -0.390. The molecule has 0 aromatic heterocycles. The summed E-state index contributed by atoms with van der Waals surface area (Å²) in [6.45, 7) is 0.150. The van der Waals surface area contributed by atoms with Gasteiger partial charge in [-0.25, -0.2) is 0 Å². The van der Waals surface area contributed by atoms with Crippen LogP contribution in [0.25, 0.3) is 0 Å². The summed E-state index contributed by atoms with van der Waals surface area (Å²) in [4.78, 5) is 24.1. The number of ether oxygens (including phenoxy) is 1. The van der Waals surface area contributed by atoms with Crippen molar-refractivity contribution in [1.29, 1.82) is 5.26 Å². The van der Waals surface area contributed by atoms with E-state index < -0.39 is 0 Å². The molecule has 0 unspecified atom stereocenters. The zero-order valence-corrected chi connectivity index (χ0v) is 14.0. The molecule has 2 aromatic carbocycles. The van der Waals surface area contributed by atoms with Crippen LogP contribution in [0.15, 0.2) is 42.5 Å². The third-order valence-electron chi connectivity index (χ3n) is 4.46. The van der Waals surface area contributed by atoms with Gasteiger partial charge in [-0.15, -0.1) is 0 Å². The Morgan fingerprint density at radius 1 is 1.00 bits per heavy atom. The normalized spacial score (nSPS) is 12.3. The van der Waals surface area contributed by atoms with E-state index in [1.807, 2.05) is 24.3 Å². The molecule has 0 radical (unpaired) electrons. The molecule has 1 aliphatic rings. The van der Waals surface area contributed by atoms with Gasteiger partial charge in [0.05, 0.1) is 18.1 Å². The zero-order valence-electron chi connectivity index (χ0n) is 14.0. The molecule has 0 bridgehead atoms. The zero-order chi connectivity index (χ0) is 17.6. The number of carbonyl (C=O) groups is 2. The minimum Gasteiger partial charge on any atom is -0.461 e. The van der Waals surface area contributed by atoms with Gasteiger partial charge in [-0.3, -0.25) is 9.59 Å². The number of hydrogen-bond donors (Lipinski definition) is 0. The van der Waals surface area contributed by atoms with Crippen molar-refractivity contribution in [2.75, 3.05) is 0 Å². The van der Waals surface area contributed by atoms with E-state index in [9.17, 15) is 9.59 Å². The average Bonchev–Trinajstić information content (AvgIpc) is 3.12. The summed E-state index contributed by atoms with van der Waals surface area (Å²) in [5, 5.41) is 8.75. The fraction of sp³-hybridized carbons (Fsp3) is 0.286. The van der Waals surface area contributed by atoms with Crippen molar-refractivity contribution in [2.45, 2.75) is 38.7 Å². The maximum atomic E-state index is 12.3. The van der Waals surface area contributed by atoms with Crippen LogP contribution < -0.4 is 0 Å². The van der Waals surface area contributed by atoms with E-state index >= 15 is 0 Å². The highest BCUT2D eigenvalue weighted by Crippen LogP contribution is 2.23. The molecule has 0 N–H and O–H groups in total. The van der Waals surface area contributed by atoms with Crippen LogP contribution in [0.5, 0.6) is 0 Å². The van der Waals surface area contributed by atoms with Crippen LogP contribution in [0, 0.1) is 11.3 Å². The van der Waals surface area contributed by atoms with E-state index in [1.165, 1.54) is 11.1 Å². The molecule has 0 spiro atoms. The van der Waals surface area contributed by atoms with Crippen molar-refractivity contribution >= 4 is 11.8 Å². The Bertz CT molecular complexity index is 831. The summed E-state index contributed by atoms with van der Waals surface area (Å²) in [5.41, 5.74) is 4.65. The second-order valence-electron chi connectivity index (χ2n) is 6.23. The van der Waals surface area contributed by atoms with Crippen LogP contribution in [0.4, 0.5) is 0 Å². The lowest BCUT2D eigenvalue weighted by molar-refractivity contribution is -0.144. The van der Waals surface area contributed by atoms with Gasteiger partial charge >= 0.3 is 5.97 Å². The van der Waals surface area contributed by atoms with Gasteiger partial charge in [-0.05, 0) is 54.2 Å². The molecule has 4 heteroatoms. The Balaban J connectivity index is 1.46. The van der Waals surface area contributed by atoms with Gasteiger partial charge in [-0.1, -0.05) is 24.3 Å². The van der Waals surface area contributed by atoms with Crippen molar-refractivity contribution < 1.29 is 14.3 Å². The Labute approximate surface area is 147 Å². The monoisotopic (exact) mass is 333 g/mol. The second kappa shape index (κ2) is 7.76. The highest BCUT2D eigenvalue weighted by Gasteiger charge is 2.15. The summed E-state index contributed by atoms with van der Waals surface area (Å²) >= 11 is 0. The maximum absolute atomic E-state index is 12.3. The van der Waals surface area contributed by atoms with E-state index in [0.717, 1.165) is 24.8 Å². The van der Waals surface area contributed by atoms with Gasteiger partial charge in [-0.2, -0.15) is 5.26 Å². The lowest BCUT2D eigenvalue weighted by Gasteiger charge is -2.06. The third kappa shape index (κ3) is 4.33. The summed E-state index contributed by atoms with van der Waals surface area (Å²) in [7, 11) is 0. The van der Waals surface area contributed by atoms with Crippen molar-refractivity contribution in [3.05, 3.63) is 70.3 Å². The molecule has 0 amide bonds. The number of benzene rings is 2. The van der Waals surface area contributed by atoms with Crippen LogP contribution >= 0.6 is 0 Å². The SMILES string of the molecule is N#Cc1ccc(COC(=O)CCC(=O)c2ccc3c(c2)CCC3)cc1. The predicted octanol–water partition coefficient (Wildman–Crippen LogP) is 3.75. The molecular formula is C21H19NO3. The summed E-state index contributed by atoms with van der Waals surface area (Å²) in [6.07, 6.45) is 3.50. The van der Waals surface area contributed by atoms with Crippen molar-refractivity contribution in [1.82, 2.24) is 0 Å². The number of Topliss-reactive ketones (excluding diaryl/α,β-unsaturated/α-hetero) is 1. The number of rotatable bonds is 6. The Kier molecular flexibility index (Phi) is 5.25. The highest BCUT2D eigenvalue weighted by molar-refractivity contribution is 5.97. The fourth-order valence-corrected chi connectivity index (χ4v) is 3.02. The first-order chi connectivity index (χ1) is 12.2. The van der Waals surface area contributed by atoms with Gasteiger partial charge in [0.25, 0.3) is 0 Å². The Morgan fingerprint density at radius 3 is 2.52 bits per heavy atom. The number of nitriles is 1. The molecule has 4 nitrogen and oxygen atoms in total. The van der Waals surface area contributed by atoms with Crippen molar-refractivity contribution in [3.63, 3.8) is 0 Å². The lowest BCUT2D eigenvalue weighted by Crippen LogP contribution is -2.08. The molecule has 3 rings (SSSR count). The van der Waals surface area contributed by atoms with Gasteiger partial charge in [0.15, 0.2) is 5.78 Å². The van der Waals surface area contributed by atoms with E-state index in [0.29, 0.717) is 11.1 Å². The first-order valence-corrected chi connectivity index (χ1v) is 8.45. The summed E-state index contributed by atoms with van der Waals surface area (Å²) < 4.78 is 5.19. The van der Waals surface area contributed by atoms with E-state index in [1.54, 1.807) is 24.3 Å². The van der Waals surface area contributed by atoms with E-state index in [2.05, 4.69) is 0 Å². The predicted molar refractivity (Wildman–Crippen MR) is 93.0 cm³/mol. The van der Waals surface area contributed by atoms with Crippen LogP contribution in [0.1, 0.15) is 51.9 Å². The lowest BCUT2D eigenvalue weighted by atomic mass is 10.0.